The molecule has 0 fully saturated rings. The van der Waals surface area contributed by atoms with E-state index < -0.39 is 0 Å². The number of nitrogens with two attached hydrogens (primary N) is 1. The standard InChI is InChI=1S/C13H20FNO/c1-5-10-11(14)6-9(7-12(10)16-4)8-13(2,3)15/h6-7H,5,8,15H2,1-4H3. The van der Waals surface area contributed by atoms with Crippen LogP contribution in [-0.4, -0.2) is 12.6 Å². The summed E-state index contributed by atoms with van der Waals surface area (Å²) >= 11 is 0. The molecule has 0 unspecified atom stereocenters. The summed E-state index contributed by atoms with van der Waals surface area (Å²) in [6.45, 7) is 5.75. The third-order valence-corrected chi connectivity index (χ3v) is 2.45. The van der Waals surface area contributed by atoms with Gasteiger partial charge in [-0.25, -0.2) is 4.39 Å². The topological polar surface area (TPSA) is 35.2 Å². The fourth-order valence-corrected chi connectivity index (χ4v) is 1.82. The van der Waals surface area contributed by atoms with Crippen LogP contribution in [0.1, 0.15) is 31.9 Å². The molecular weight excluding hydrogens is 205 g/mol. The van der Waals surface area contributed by atoms with Gasteiger partial charge in [-0.3, -0.25) is 0 Å². The van der Waals surface area contributed by atoms with E-state index in [9.17, 15) is 4.39 Å². The highest BCUT2D eigenvalue weighted by atomic mass is 19.1. The Morgan fingerprint density at radius 1 is 1.38 bits per heavy atom. The van der Waals surface area contributed by atoms with Gasteiger partial charge in [0.05, 0.1) is 7.11 Å². The Morgan fingerprint density at radius 2 is 2.00 bits per heavy atom. The first-order valence-electron chi connectivity index (χ1n) is 5.51. The van der Waals surface area contributed by atoms with E-state index in [1.165, 1.54) is 0 Å². The highest BCUT2D eigenvalue weighted by molar-refractivity contribution is 5.39. The second kappa shape index (κ2) is 4.83. The van der Waals surface area contributed by atoms with E-state index in [4.69, 9.17) is 10.5 Å². The summed E-state index contributed by atoms with van der Waals surface area (Å²) in [6, 6.07) is 3.42. The molecule has 0 heterocycles. The lowest BCUT2D eigenvalue weighted by molar-refractivity contribution is 0.403. The summed E-state index contributed by atoms with van der Waals surface area (Å²) in [7, 11) is 1.56. The number of hydrogen-bond acceptors (Lipinski definition) is 2. The van der Waals surface area contributed by atoms with Crippen molar-refractivity contribution in [3.05, 3.63) is 29.1 Å². The summed E-state index contributed by atoms with van der Waals surface area (Å²) in [5, 5.41) is 0. The molecule has 0 aliphatic rings. The molecule has 2 N–H and O–H groups in total. The van der Waals surface area contributed by atoms with E-state index in [0.717, 1.165) is 5.56 Å². The summed E-state index contributed by atoms with van der Waals surface area (Å²) in [4.78, 5) is 0. The summed E-state index contributed by atoms with van der Waals surface area (Å²) in [5.74, 6) is 0.405. The Morgan fingerprint density at radius 3 is 2.44 bits per heavy atom. The molecule has 90 valence electrons. The lowest BCUT2D eigenvalue weighted by Gasteiger charge is -2.19. The Kier molecular flexibility index (Phi) is 3.92. The van der Waals surface area contributed by atoms with Gasteiger partial charge in [0.2, 0.25) is 0 Å². The van der Waals surface area contributed by atoms with Crippen molar-refractivity contribution in [1.82, 2.24) is 0 Å². The van der Waals surface area contributed by atoms with E-state index in [-0.39, 0.29) is 11.4 Å². The zero-order valence-electron chi connectivity index (χ0n) is 10.4. The third kappa shape index (κ3) is 3.20. The maximum absolute atomic E-state index is 13.8. The zero-order valence-corrected chi connectivity index (χ0v) is 10.4. The van der Waals surface area contributed by atoms with Gasteiger partial charge < -0.3 is 10.5 Å². The van der Waals surface area contributed by atoms with Crippen LogP contribution in [-0.2, 0) is 12.8 Å². The second-order valence-electron chi connectivity index (χ2n) is 4.78. The van der Waals surface area contributed by atoms with Gasteiger partial charge >= 0.3 is 0 Å². The first-order valence-corrected chi connectivity index (χ1v) is 5.51. The van der Waals surface area contributed by atoms with Crippen molar-refractivity contribution >= 4 is 0 Å². The van der Waals surface area contributed by atoms with Crippen LogP contribution in [0.25, 0.3) is 0 Å². The fourth-order valence-electron chi connectivity index (χ4n) is 1.82. The number of rotatable bonds is 4. The van der Waals surface area contributed by atoms with Gasteiger partial charge in [0.15, 0.2) is 0 Å². The minimum absolute atomic E-state index is 0.207. The van der Waals surface area contributed by atoms with Crippen LogP contribution in [0.3, 0.4) is 0 Å². The van der Waals surface area contributed by atoms with Crippen LogP contribution in [0.5, 0.6) is 5.75 Å². The monoisotopic (exact) mass is 225 g/mol. The van der Waals surface area contributed by atoms with Crippen molar-refractivity contribution in [2.45, 2.75) is 39.2 Å². The molecule has 0 spiro atoms. The molecule has 0 radical (unpaired) electrons. The van der Waals surface area contributed by atoms with Crippen LogP contribution in [0.2, 0.25) is 0 Å². The summed E-state index contributed by atoms with van der Waals surface area (Å²) in [6.07, 6.45) is 1.26. The van der Waals surface area contributed by atoms with Crippen LogP contribution in [0.15, 0.2) is 12.1 Å². The van der Waals surface area contributed by atoms with E-state index in [1.54, 1.807) is 13.2 Å². The van der Waals surface area contributed by atoms with Crippen LogP contribution in [0, 0.1) is 5.82 Å². The van der Waals surface area contributed by atoms with Crippen LogP contribution >= 0.6 is 0 Å². The van der Waals surface area contributed by atoms with E-state index >= 15 is 0 Å². The summed E-state index contributed by atoms with van der Waals surface area (Å²) < 4.78 is 18.9. The molecule has 1 aromatic rings. The first-order chi connectivity index (χ1) is 7.37. The van der Waals surface area contributed by atoms with Crippen molar-refractivity contribution in [1.29, 1.82) is 0 Å². The fraction of sp³-hybridized carbons (Fsp3) is 0.538. The molecule has 0 aliphatic carbocycles. The van der Waals surface area contributed by atoms with Crippen molar-refractivity contribution < 1.29 is 9.13 Å². The Hall–Kier alpha value is -1.09. The highest BCUT2D eigenvalue weighted by Crippen LogP contribution is 2.25. The maximum Gasteiger partial charge on any atom is 0.130 e. The van der Waals surface area contributed by atoms with Gasteiger partial charge in [-0.2, -0.15) is 0 Å². The Balaban J connectivity index is 3.10. The molecule has 1 rings (SSSR count). The van der Waals surface area contributed by atoms with Gasteiger partial charge in [-0.1, -0.05) is 6.92 Å². The van der Waals surface area contributed by atoms with Crippen molar-refractivity contribution in [3.8, 4) is 5.75 Å². The normalized spacial score (nSPS) is 11.6. The molecule has 2 nitrogen and oxygen atoms in total. The molecule has 0 bridgehead atoms. The van der Waals surface area contributed by atoms with Gasteiger partial charge in [-0.05, 0) is 44.4 Å². The van der Waals surface area contributed by atoms with Crippen molar-refractivity contribution in [2.75, 3.05) is 7.11 Å². The number of ether oxygens (including phenoxy) is 1. The van der Waals surface area contributed by atoms with E-state index in [1.807, 2.05) is 26.8 Å². The number of methoxy groups -OCH3 is 1. The Labute approximate surface area is 96.6 Å². The quantitative estimate of drug-likeness (QED) is 0.855. The van der Waals surface area contributed by atoms with Gasteiger partial charge in [-0.15, -0.1) is 0 Å². The van der Waals surface area contributed by atoms with Gasteiger partial charge in [0.1, 0.15) is 11.6 Å². The largest absolute Gasteiger partial charge is 0.496 e. The highest BCUT2D eigenvalue weighted by Gasteiger charge is 2.15. The average Bonchev–Trinajstić information content (AvgIpc) is 2.14. The molecule has 0 atom stereocenters. The molecule has 1 aromatic carbocycles. The second-order valence-corrected chi connectivity index (χ2v) is 4.78. The summed E-state index contributed by atoms with van der Waals surface area (Å²) in [5.41, 5.74) is 7.07. The third-order valence-electron chi connectivity index (χ3n) is 2.45. The number of hydrogen-bond donors (Lipinski definition) is 1. The van der Waals surface area contributed by atoms with Gasteiger partial charge in [0, 0.05) is 11.1 Å². The maximum atomic E-state index is 13.8. The molecule has 0 aromatic heterocycles. The smallest absolute Gasteiger partial charge is 0.130 e. The lowest BCUT2D eigenvalue weighted by atomic mass is 9.94. The van der Waals surface area contributed by atoms with Gasteiger partial charge in [0.25, 0.3) is 0 Å². The molecule has 3 heteroatoms. The van der Waals surface area contributed by atoms with E-state index in [2.05, 4.69) is 0 Å². The zero-order chi connectivity index (χ0) is 12.3. The predicted octanol–water partition coefficient (Wildman–Crippen LogP) is 2.68. The predicted molar refractivity (Wildman–Crippen MR) is 64.3 cm³/mol. The van der Waals surface area contributed by atoms with Crippen LogP contribution < -0.4 is 10.5 Å². The minimum Gasteiger partial charge on any atom is -0.496 e. The molecule has 0 saturated heterocycles. The molecule has 0 amide bonds. The van der Waals surface area contributed by atoms with Crippen LogP contribution in [0.4, 0.5) is 4.39 Å². The molecular formula is C13H20FNO. The first kappa shape index (κ1) is 13.0. The Bertz CT molecular complexity index is 369. The SMILES string of the molecule is CCc1c(F)cc(CC(C)(C)N)cc1OC. The van der Waals surface area contributed by atoms with Crippen molar-refractivity contribution in [2.24, 2.45) is 5.73 Å². The molecule has 0 saturated carbocycles. The average molecular weight is 225 g/mol. The lowest BCUT2D eigenvalue weighted by Crippen LogP contribution is -2.34. The number of benzene rings is 1. The van der Waals surface area contributed by atoms with Crippen molar-refractivity contribution in [3.63, 3.8) is 0 Å². The molecule has 16 heavy (non-hydrogen) atoms. The minimum atomic E-state index is -0.342. The number of halogens is 1. The van der Waals surface area contributed by atoms with E-state index in [0.29, 0.717) is 24.2 Å². The molecule has 0 aliphatic heterocycles.